The minimum Gasteiger partial charge on any atom is -0.299 e. The molecule has 8 unspecified atom stereocenters. The fourth-order valence-corrected chi connectivity index (χ4v) is 6.77. The molecule has 22 heavy (non-hydrogen) atoms. The Balaban J connectivity index is 1.40. The quantitative estimate of drug-likeness (QED) is 0.463. The molecule has 1 heteroatoms. The molecule has 0 aliphatic heterocycles. The van der Waals surface area contributed by atoms with Crippen LogP contribution in [0.5, 0.6) is 0 Å². The van der Waals surface area contributed by atoms with Gasteiger partial charge in [0.2, 0.25) is 0 Å². The van der Waals surface area contributed by atoms with Gasteiger partial charge in [-0.25, -0.2) is 0 Å². The second-order valence-electron chi connectivity index (χ2n) is 8.69. The fourth-order valence-electron chi connectivity index (χ4n) is 6.77. The van der Waals surface area contributed by atoms with E-state index in [4.69, 9.17) is 0 Å². The second-order valence-corrected chi connectivity index (χ2v) is 8.69. The lowest BCUT2D eigenvalue weighted by molar-refractivity contribution is -0.126. The van der Waals surface area contributed by atoms with Crippen molar-refractivity contribution in [1.82, 2.24) is 0 Å². The van der Waals surface area contributed by atoms with Crippen molar-refractivity contribution in [2.24, 2.45) is 47.3 Å². The highest BCUT2D eigenvalue weighted by Gasteiger charge is 2.61. The maximum atomic E-state index is 12.9. The van der Waals surface area contributed by atoms with Gasteiger partial charge in [-0.2, -0.15) is 0 Å². The molecule has 0 aromatic carbocycles. The predicted octanol–water partition coefficient (Wildman–Crippen LogP) is 5.26. The molecule has 0 N–H and O–H groups in total. The summed E-state index contributed by atoms with van der Waals surface area (Å²) in [5.74, 6) is 6.95. The molecule has 4 aliphatic rings. The van der Waals surface area contributed by atoms with Crippen LogP contribution in [0.1, 0.15) is 65.2 Å². The van der Waals surface area contributed by atoms with E-state index in [1.165, 1.54) is 44.9 Å². The zero-order valence-electron chi connectivity index (χ0n) is 14.3. The van der Waals surface area contributed by atoms with Crippen molar-refractivity contribution in [2.75, 3.05) is 0 Å². The van der Waals surface area contributed by atoms with Crippen LogP contribution in [0.25, 0.3) is 0 Å². The van der Waals surface area contributed by atoms with Crippen LogP contribution in [0.4, 0.5) is 0 Å². The molecule has 4 rings (SSSR count). The van der Waals surface area contributed by atoms with Gasteiger partial charge in [0.15, 0.2) is 0 Å². The van der Waals surface area contributed by atoms with Crippen molar-refractivity contribution in [3.63, 3.8) is 0 Å². The number of allylic oxidation sites excluding steroid dienone is 2. The number of hydrogen-bond acceptors (Lipinski definition) is 1. The third kappa shape index (κ3) is 2.22. The van der Waals surface area contributed by atoms with E-state index in [-0.39, 0.29) is 0 Å². The number of Topliss-reactive ketones (excluding diaryl/α,β-unsaturated/α-hetero) is 1. The third-order valence-corrected chi connectivity index (χ3v) is 7.72. The number of carbonyl (C=O) groups is 1. The van der Waals surface area contributed by atoms with Gasteiger partial charge in [0.1, 0.15) is 5.78 Å². The van der Waals surface area contributed by atoms with Gasteiger partial charge >= 0.3 is 0 Å². The molecule has 0 spiro atoms. The smallest absolute Gasteiger partial charge is 0.136 e. The van der Waals surface area contributed by atoms with Gasteiger partial charge < -0.3 is 0 Å². The first-order valence-corrected chi connectivity index (χ1v) is 9.93. The van der Waals surface area contributed by atoms with Crippen LogP contribution in [0.15, 0.2) is 12.2 Å². The van der Waals surface area contributed by atoms with E-state index in [0.29, 0.717) is 17.6 Å². The fraction of sp³-hybridized carbons (Fsp3) is 0.857. The number of rotatable bonds is 7. The van der Waals surface area contributed by atoms with E-state index < -0.39 is 0 Å². The van der Waals surface area contributed by atoms with E-state index in [0.717, 1.165) is 41.9 Å². The molecular weight excluding hydrogens is 268 g/mol. The highest BCUT2D eigenvalue weighted by molar-refractivity contribution is 5.82. The average molecular weight is 300 g/mol. The summed E-state index contributed by atoms with van der Waals surface area (Å²) in [5.41, 5.74) is 0. The van der Waals surface area contributed by atoms with Gasteiger partial charge in [-0.15, -0.1) is 0 Å². The molecule has 4 aliphatic carbocycles. The summed E-state index contributed by atoms with van der Waals surface area (Å²) >= 11 is 0. The Hall–Kier alpha value is -0.590. The van der Waals surface area contributed by atoms with Gasteiger partial charge in [-0.3, -0.25) is 4.79 Å². The lowest BCUT2D eigenvalue weighted by Crippen LogP contribution is -2.35. The highest BCUT2D eigenvalue weighted by Crippen LogP contribution is 2.67. The summed E-state index contributed by atoms with van der Waals surface area (Å²) in [7, 11) is 0. The molecule has 4 bridgehead atoms. The normalized spacial score (nSPS) is 45.5. The van der Waals surface area contributed by atoms with Crippen LogP contribution in [-0.4, -0.2) is 5.78 Å². The molecule has 8 atom stereocenters. The maximum absolute atomic E-state index is 12.9. The minimum atomic E-state index is 0.440. The van der Waals surface area contributed by atoms with E-state index in [1.807, 2.05) is 0 Å². The Morgan fingerprint density at radius 1 is 1.09 bits per heavy atom. The molecule has 1 nitrogen and oxygen atoms in total. The second kappa shape index (κ2) is 5.80. The van der Waals surface area contributed by atoms with Crippen molar-refractivity contribution >= 4 is 5.78 Å². The van der Waals surface area contributed by atoms with Crippen molar-refractivity contribution in [3.05, 3.63) is 12.2 Å². The van der Waals surface area contributed by atoms with Crippen LogP contribution in [0.3, 0.4) is 0 Å². The largest absolute Gasteiger partial charge is 0.299 e. The van der Waals surface area contributed by atoms with Crippen molar-refractivity contribution in [2.45, 2.75) is 65.2 Å². The molecule has 0 radical (unpaired) electrons. The third-order valence-electron chi connectivity index (χ3n) is 7.72. The zero-order valence-corrected chi connectivity index (χ0v) is 14.3. The van der Waals surface area contributed by atoms with Gasteiger partial charge in [-0.05, 0) is 60.7 Å². The Bertz CT molecular complexity index is 465. The summed E-state index contributed by atoms with van der Waals surface area (Å²) in [4.78, 5) is 12.9. The Morgan fingerprint density at radius 3 is 2.59 bits per heavy atom. The molecule has 3 saturated carbocycles. The molecule has 3 fully saturated rings. The van der Waals surface area contributed by atoms with Crippen LogP contribution >= 0.6 is 0 Å². The summed E-state index contributed by atoms with van der Waals surface area (Å²) in [5, 5.41) is 0. The number of fused-ring (bicyclic) bond motifs is 9. The van der Waals surface area contributed by atoms with Gasteiger partial charge in [-0.1, -0.05) is 51.7 Å². The summed E-state index contributed by atoms with van der Waals surface area (Å²) < 4.78 is 0. The number of hydrogen-bond donors (Lipinski definition) is 0. The topological polar surface area (TPSA) is 17.1 Å². The van der Waals surface area contributed by atoms with Crippen LogP contribution in [0.2, 0.25) is 0 Å². The number of unbranched alkanes of at least 4 members (excludes halogenated alkanes) is 1. The zero-order chi connectivity index (χ0) is 15.3. The molecule has 0 saturated heterocycles. The van der Waals surface area contributed by atoms with Gasteiger partial charge in [0.25, 0.3) is 0 Å². The summed E-state index contributed by atoms with van der Waals surface area (Å²) in [6.07, 6.45) is 14.9. The first-order valence-electron chi connectivity index (χ1n) is 9.93. The summed E-state index contributed by atoms with van der Waals surface area (Å²) in [6.45, 7) is 4.53. The van der Waals surface area contributed by atoms with Crippen molar-refractivity contribution in [3.8, 4) is 0 Å². The van der Waals surface area contributed by atoms with Crippen LogP contribution < -0.4 is 0 Å². The molecule has 0 heterocycles. The maximum Gasteiger partial charge on any atom is 0.136 e. The minimum absolute atomic E-state index is 0.440. The predicted molar refractivity (Wildman–Crippen MR) is 90.4 cm³/mol. The van der Waals surface area contributed by atoms with Gasteiger partial charge in [0.05, 0.1) is 0 Å². The SMILES string of the molecule is CCCCC(CC)CC(=O)C1CC2CC1C1C3C=CC(C3)C21. The summed E-state index contributed by atoms with van der Waals surface area (Å²) in [6, 6.07) is 0. The highest BCUT2D eigenvalue weighted by atomic mass is 16.1. The molecule has 0 aromatic heterocycles. The molecule has 122 valence electrons. The number of ketones is 1. The molecular formula is C21H32O. The van der Waals surface area contributed by atoms with E-state index in [1.54, 1.807) is 0 Å². The standard InChI is InChI=1S/C21H32O/c1-3-5-6-13(4-2)9-19(22)17-11-16-12-18(17)21-15-8-7-14(10-15)20(16)21/h7-8,13-18,20-21H,3-6,9-12H2,1-2H3. The molecule has 0 amide bonds. The number of carbonyl (C=O) groups excluding carboxylic acids is 1. The van der Waals surface area contributed by atoms with E-state index in [9.17, 15) is 4.79 Å². The first-order chi connectivity index (χ1) is 10.7. The van der Waals surface area contributed by atoms with Crippen molar-refractivity contribution < 1.29 is 4.79 Å². The monoisotopic (exact) mass is 300 g/mol. The first kappa shape index (κ1) is 15.0. The average Bonchev–Trinajstić information content (AvgIpc) is 3.28. The Labute approximate surface area is 135 Å². The van der Waals surface area contributed by atoms with Crippen molar-refractivity contribution in [1.29, 1.82) is 0 Å². The van der Waals surface area contributed by atoms with Gasteiger partial charge in [0, 0.05) is 12.3 Å². The Kier molecular flexibility index (Phi) is 3.95. The lowest BCUT2D eigenvalue weighted by Gasteiger charge is -2.36. The van der Waals surface area contributed by atoms with E-state index in [2.05, 4.69) is 26.0 Å². The Morgan fingerprint density at radius 2 is 1.86 bits per heavy atom. The molecule has 0 aromatic rings. The van der Waals surface area contributed by atoms with Crippen LogP contribution in [-0.2, 0) is 4.79 Å². The van der Waals surface area contributed by atoms with Crippen LogP contribution in [0, 0.1) is 47.3 Å². The van der Waals surface area contributed by atoms with E-state index >= 15 is 0 Å². The lowest BCUT2D eigenvalue weighted by atomic mass is 9.67.